The van der Waals surface area contributed by atoms with Gasteiger partial charge in [-0.05, 0) is 121 Å². The third-order valence-electron chi connectivity index (χ3n) is 19.1. The van der Waals surface area contributed by atoms with Crippen LogP contribution in [0.2, 0.25) is 40.2 Å². The van der Waals surface area contributed by atoms with Crippen LogP contribution in [-0.4, -0.2) is 30.3 Å². The van der Waals surface area contributed by atoms with E-state index in [1.54, 1.807) is 72.8 Å². The zero-order valence-electron chi connectivity index (χ0n) is 51.1. The highest BCUT2D eigenvalue weighted by atomic mass is 35.5. The number of carbonyl (C=O) groups is 4. The van der Waals surface area contributed by atoms with Crippen LogP contribution >= 0.6 is 92.8 Å². The number of carbonyl (C=O) groups excluding carboxylic acids is 4. The molecule has 0 radical (unpaired) electrons. The number of nitrogens with zero attached hydrogens (tertiary/aromatic N) is 4. The Kier molecular flexibility index (Phi) is 14.4. The van der Waals surface area contributed by atoms with Crippen LogP contribution in [0.1, 0.15) is 41.4 Å². The van der Waals surface area contributed by atoms with E-state index in [0.29, 0.717) is 134 Å². The zero-order chi connectivity index (χ0) is 67.5. The highest BCUT2D eigenvalue weighted by Crippen LogP contribution is 2.59. The van der Waals surface area contributed by atoms with Gasteiger partial charge in [0.05, 0.1) is 83.1 Å². The van der Waals surface area contributed by atoms with Crippen molar-refractivity contribution in [3.63, 3.8) is 0 Å². The molecule has 99 heavy (non-hydrogen) atoms. The molecule has 2 N–H and O–H groups in total. The first-order chi connectivity index (χ1) is 48.1. The number of benzene rings is 16. The third-order valence-corrected chi connectivity index (χ3v) is 21.4. The normalized spacial score (nSPS) is 13.6. The second kappa shape index (κ2) is 23.3. The monoisotopic (exact) mass is 1440 g/mol. The van der Waals surface area contributed by atoms with E-state index in [0.717, 1.165) is 71.9 Å². The lowest BCUT2D eigenvalue weighted by molar-refractivity contribution is 0.0877. The van der Waals surface area contributed by atoms with E-state index < -0.39 is 23.6 Å². The Labute approximate surface area is 603 Å². The van der Waals surface area contributed by atoms with Gasteiger partial charge in [-0.1, -0.05) is 202 Å². The van der Waals surface area contributed by atoms with Gasteiger partial charge in [-0.3, -0.25) is 19.2 Å². The van der Waals surface area contributed by atoms with Crippen molar-refractivity contribution in [2.24, 2.45) is 0 Å². The van der Waals surface area contributed by atoms with Crippen LogP contribution in [0.25, 0.3) is 86.2 Å². The second-order valence-electron chi connectivity index (χ2n) is 24.4. The zero-order valence-corrected chi connectivity index (χ0v) is 57.1. The smallest absolute Gasteiger partial charge is 0.266 e. The Morgan fingerprint density at radius 2 is 0.485 bits per heavy atom. The molecule has 10 nitrogen and oxygen atoms in total. The molecule has 3 heterocycles. The highest BCUT2D eigenvalue weighted by molar-refractivity contribution is 6.59. The van der Waals surface area contributed by atoms with Gasteiger partial charge in [-0.2, -0.15) is 0 Å². The summed E-state index contributed by atoms with van der Waals surface area (Å²) in [5.74, 6) is -1.91. The molecular formula is C81H42Cl8N6O4. The Balaban J connectivity index is 0.000000143. The fraction of sp³-hybridized carbons (Fsp3) is 0.0123. The lowest BCUT2D eigenvalue weighted by Gasteiger charge is -2.40. The minimum Gasteiger partial charge on any atom is -0.355 e. The first-order valence-corrected chi connectivity index (χ1v) is 34.3. The van der Waals surface area contributed by atoms with Gasteiger partial charge in [-0.25, -0.2) is 9.80 Å². The average molecular weight is 1450 g/mol. The van der Waals surface area contributed by atoms with Crippen molar-refractivity contribution in [1.29, 1.82) is 0 Å². The number of hydrogen-bond donors (Lipinski definition) is 2. The van der Waals surface area contributed by atoms with Gasteiger partial charge in [0.2, 0.25) is 0 Å². The molecule has 0 fully saturated rings. The van der Waals surface area contributed by atoms with E-state index >= 15 is 0 Å². The minimum absolute atomic E-state index is 0.289. The number of hydrogen-bond acceptors (Lipinski definition) is 8. The summed E-state index contributed by atoms with van der Waals surface area (Å²) < 4.78 is 0. The molecule has 16 aromatic carbocycles. The van der Waals surface area contributed by atoms with Gasteiger partial charge >= 0.3 is 0 Å². The maximum Gasteiger partial charge on any atom is 0.266 e. The second-order valence-corrected chi connectivity index (χ2v) is 27.7. The molecule has 0 atom stereocenters. The number of fused-ring (bicyclic) bond motifs is 4. The molecule has 3 aliphatic heterocycles. The van der Waals surface area contributed by atoms with Gasteiger partial charge in [0.25, 0.3) is 23.6 Å². The van der Waals surface area contributed by atoms with E-state index in [2.05, 4.69) is 44.7 Å². The molecule has 0 saturated carbocycles. The lowest BCUT2D eigenvalue weighted by Crippen LogP contribution is -2.40. The molecule has 0 spiro atoms. The van der Waals surface area contributed by atoms with Crippen molar-refractivity contribution in [2.45, 2.75) is 0 Å². The molecule has 4 amide bonds. The molecule has 476 valence electrons. The summed E-state index contributed by atoms with van der Waals surface area (Å²) in [6.45, 7) is 0.504. The SMILES string of the molecule is O=C1c2cc(Cl)c3c4c(Cl)cc(Nc5ccccc5)c5c(Nc6ccccc6)cc(Cl)c(c6c(Cl)cc(c2c36)C(=O)N1c1ccccc1)c54.O=C1c2cc(Cl)c3c4c(Cl)cc5c6c(cc(Cl)c(c7c(Cl)cc(c2c37)C(=O)N1c1ccccc1)c64)N(c1ccccc1)CN5c1ccccc1. The number of halogens is 8. The molecule has 3 aliphatic rings. The fourth-order valence-electron chi connectivity index (χ4n) is 15.1. The number of amides is 4. The van der Waals surface area contributed by atoms with Crippen LogP contribution in [0.5, 0.6) is 0 Å². The Morgan fingerprint density at radius 3 is 0.788 bits per heavy atom. The summed E-state index contributed by atoms with van der Waals surface area (Å²) in [4.78, 5) is 63.4. The molecular weight excluding hydrogens is 1400 g/mol. The van der Waals surface area contributed by atoms with Crippen LogP contribution < -0.4 is 30.2 Å². The van der Waals surface area contributed by atoms with Gasteiger partial charge in [0.15, 0.2) is 0 Å². The molecule has 16 aromatic rings. The molecule has 18 heteroatoms. The lowest BCUT2D eigenvalue weighted by atomic mass is 9.83. The Bertz CT molecular complexity index is 5900. The van der Waals surface area contributed by atoms with Crippen molar-refractivity contribution < 1.29 is 19.2 Å². The summed E-state index contributed by atoms with van der Waals surface area (Å²) >= 11 is 58.1. The van der Waals surface area contributed by atoms with Crippen molar-refractivity contribution in [3.8, 4) is 0 Å². The molecule has 0 saturated heterocycles. The molecule has 0 aliphatic carbocycles. The Morgan fingerprint density at radius 1 is 0.242 bits per heavy atom. The summed E-state index contributed by atoms with van der Waals surface area (Å²) in [5.41, 5.74) is 9.08. The average Bonchev–Trinajstić information content (AvgIpc) is 0.681. The first-order valence-electron chi connectivity index (χ1n) is 31.3. The van der Waals surface area contributed by atoms with E-state index in [4.69, 9.17) is 92.8 Å². The van der Waals surface area contributed by atoms with Crippen LogP contribution in [0.3, 0.4) is 0 Å². The predicted octanol–water partition coefficient (Wildman–Crippen LogP) is 25.0. The van der Waals surface area contributed by atoms with Crippen LogP contribution in [0, 0.1) is 0 Å². The molecule has 19 rings (SSSR count). The number of anilines is 10. The largest absolute Gasteiger partial charge is 0.355 e. The van der Waals surface area contributed by atoms with Crippen molar-refractivity contribution in [3.05, 3.63) is 293 Å². The summed E-state index contributed by atoms with van der Waals surface area (Å²) in [7, 11) is 0. The molecule has 0 bridgehead atoms. The van der Waals surface area contributed by atoms with E-state index in [-0.39, 0.29) is 11.1 Å². The van der Waals surface area contributed by atoms with E-state index in [9.17, 15) is 19.2 Å². The first kappa shape index (κ1) is 61.3. The van der Waals surface area contributed by atoms with Gasteiger partial charge in [0, 0.05) is 129 Å². The van der Waals surface area contributed by atoms with Crippen LogP contribution in [0.4, 0.5) is 56.9 Å². The van der Waals surface area contributed by atoms with E-state index in [1.165, 1.54) is 4.90 Å². The van der Waals surface area contributed by atoms with Gasteiger partial charge < -0.3 is 20.4 Å². The Hall–Kier alpha value is -10.1. The quantitative estimate of drug-likeness (QED) is 0.0881. The summed E-state index contributed by atoms with van der Waals surface area (Å²) in [6, 6.07) is 71.8. The maximum absolute atomic E-state index is 14.2. The van der Waals surface area contributed by atoms with Crippen molar-refractivity contribution in [2.75, 3.05) is 36.9 Å². The summed E-state index contributed by atoms with van der Waals surface area (Å²) in [6.07, 6.45) is 0. The fourth-order valence-corrected chi connectivity index (χ4v) is 17.5. The number of imide groups is 2. The van der Waals surface area contributed by atoms with E-state index in [1.807, 2.05) is 133 Å². The van der Waals surface area contributed by atoms with Crippen molar-refractivity contribution >= 4 is 259 Å². The summed E-state index contributed by atoms with van der Waals surface area (Å²) in [5, 5.41) is 20.4. The van der Waals surface area contributed by atoms with Crippen LogP contribution in [0.15, 0.2) is 231 Å². The van der Waals surface area contributed by atoms with Crippen molar-refractivity contribution in [1.82, 2.24) is 0 Å². The number of rotatable bonds is 8. The standard InChI is InChI=1S/C41H21Cl4N3O2.C40H21Cl4N3O2/c42-26-16-24-32-25(41(50)48(40(24)49)23-14-8-3-9-15-23)17-27(43)34-36-29(45)19-31-37-30(18-28(44)35(39(36)37)33(26)38(32)34)46(21-10-4-1-5-11-21)20-47(31)22-12-6-2-7-13-22;41-25-16-23-31-24(40(49)47(39(23)48)22-14-8-3-9-15-22)17-26(42)33-35-28(44)19-30(46-21-12-6-2-7-13-21)36-29(45-20-10-4-1-5-11-20)18-27(43)34(38(35)36)32(25)37(31)33/h1-19H,20H2;1-19,45-46H. The maximum atomic E-state index is 14.2. The third kappa shape index (κ3) is 9.18. The number of nitrogens with one attached hydrogen (secondary N) is 2. The molecule has 0 unspecified atom stereocenters. The number of para-hydroxylation sites is 6. The molecule has 0 aromatic heterocycles. The minimum atomic E-state index is -0.483. The predicted molar refractivity (Wildman–Crippen MR) is 412 cm³/mol. The van der Waals surface area contributed by atoms with Crippen LogP contribution in [-0.2, 0) is 0 Å². The van der Waals surface area contributed by atoms with Gasteiger partial charge in [0.1, 0.15) is 0 Å². The van der Waals surface area contributed by atoms with Gasteiger partial charge in [-0.15, -0.1) is 0 Å². The highest BCUT2D eigenvalue weighted by Gasteiger charge is 2.41. The topological polar surface area (TPSA) is 105 Å².